The molecule has 1 saturated carbocycles. The molecule has 0 amide bonds. The molecule has 5 nitrogen and oxygen atoms in total. The summed E-state index contributed by atoms with van der Waals surface area (Å²) >= 11 is 0. The fourth-order valence-electron chi connectivity index (χ4n) is 3.99. The maximum Gasteiger partial charge on any atom is 0.214 e. The van der Waals surface area contributed by atoms with E-state index in [9.17, 15) is 26.0 Å². The Morgan fingerprint density at radius 3 is 2.48 bits per heavy atom. The Morgan fingerprint density at radius 1 is 1.14 bits per heavy atom. The van der Waals surface area contributed by atoms with Crippen molar-refractivity contribution in [2.24, 2.45) is 5.73 Å². The summed E-state index contributed by atoms with van der Waals surface area (Å²) in [7, 11) is -3.31. The van der Waals surface area contributed by atoms with Crippen molar-refractivity contribution in [3.8, 4) is 0 Å². The molecule has 1 aliphatic carbocycles. The summed E-state index contributed by atoms with van der Waals surface area (Å²) in [5, 5.41) is -0.311. The number of rotatable bonds is 10. The van der Waals surface area contributed by atoms with Gasteiger partial charge in [0.15, 0.2) is 11.6 Å². The van der Waals surface area contributed by atoms with E-state index in [0.717, 1.165) is 18.9 Å². The Hall–Kier alpha value is -1.23. The largest absolute Gasteiger partial charge is 0.327 e. The van der Waals surface area contributed by atoms with Gasteiger partial charge in [0.2, 0.25) is 10.0 Å². The first-order valence-electron chi connectivity index (χ1n) is 9.90. The molecule has 2 fully saturated rings. The summed E-state index contributed by atoms with van der Waals surface area (Å²) < 4.78 is 80.8. The van der Waals surface area contributed by atoms with E-state index in [-0.39, 0.29) is 36.2 Å². The van der Waals surface area contributed by atoms with Crippen molar-refractivity contribution in [2.45, 2.75) is 61.9 Å². The van der Waals surface area contributed by atoms with Crippen LogP contribution in [0.15, 0.2) is 12.1 Å². The van der Waals surface area contributed by atoms with Crippen molar-refractivity contribution < 1.29 is 26.0 Å². The zero-order valence-electron chi connectivity index (χ0n) is 16.1. The first kappa shape index (κ1) is 22.5. The lowest BCUT2D eigenvalue weighted by atomic mass is 9.98. The SMILES string of the molecule is N[C@H](Cc1cc(F)c(F)cc1F)CC(CF)N1CCCC1CNS(=O)(=O)C1CC1. The van der Waals surface area contributed by atoms with Gasteiger partial charge in [-0.15, -0.1) is 0 Å². The number of sulfonamides is 1. The van der Waals surface area contributed by atoms with E-state index in [4.69, 9.17) is 5.73 Å². The predicted molar refractivity (Wildman–Crippen MR) is 102 cm³/mol. The molecule has 1 heterocycles. The van der Waals surface area contributed by atoms with Crippen LogP contribution in [0.2, 0.25) is 0 Å². The molecule has 0 spiro atoms. The normalized spacial score (nSPS) is 22.7. The second-order valence-electron chi connectivity index (χ2n) is 7.99. The summed E-state index contributed by atoms with van der Waals surface area (Å²) in [6.45, 7) is 0.166. The minimum atomic E-state index is -3.31. The Balaban J connectivity index is 1.58. The number of nitrogens with zero attached hydrogens (tertiary/aromatic N) is 1. The van der Waals surface area contributed by atoms with Gasteiger partial charge in [0.05, 0.1) is 5.25 Å². The number of hydrogen-bond donors (Lipinski definition) is 2. The molecule has 1 aromatic carbocycles. The monoisotopic (exact) mass is 437 g/mol. The standard InChI is InChI=1S/C19H27F4N3O2S/c20-10-15(8-13(24)6-12-7-18(22)19(23)9-17(12)21)26-5-1-2-14(26)11-25-29(27,28)16-3-4-16/h7,9,13-16,25H,1-6,8,10-11,24H2/t13-,14?,15?/m1/s1. The first-order chi connectivity index (χ1) is 13.7. The summed E-state index contributed by atoms with van der Waals surface area (Å²) in [5.74, 6) is -3.31. The van der Waals surface area contributed by atoms with E-state index in [0.29, 0.717) is 25.5 Å². The molecule has 0 radical (unpaired) electrons. The number of nitrogens with one attached hydrogen (secondary N) is 1. The Bertz CT molecular complexity index is 820. The number of nitrogens with two attached hydrogens (primary N) is 1. The van der Waals surface area contributed by atoms with Crippen molar-refractivity contribution in [3.63, 3.8) is 0 Å². The number of alkyl halides is 1. The van der Waals surface area contributed by atoms with Crippen molar-refractivity contribution >= 4 is 10.0 Å². The molecular weight excluding hydrogens is 410 g/mol. The van der Waals surface area contributed by atoms with Crippen LogP contribution in [0, 0.1) is 17.5 Å². The smallest absolute Gasteiger partial charge is 0.214 e. The van der Waals surface area contributed by atoms with Crippen LogP contribution in [0.1, 0.15) is 37.7 Å². The highest BCUT2D eigenvalue weighted by Crippen LogP contribution is 2.28. The number of benzene rings is 1. The molecule has 10 heteroatoms. The van der Waals surface area contributed by atoms with Gasteiger partial charge in [-0.1, -0.05) is 0 Å². The zero-order chi connectivity index (χ0) is 21.2. The zero-order valence-corrected chi connectivity index (χ0v) is 16.9. The third-order valence-electron chi connectivity index (χ3n) is 5.70. The van der Waals surface area contributed by atoms with Crippen LogP contribution >= 0.6 is 0 Å². The maximum atomic E-state index is 13.8. The number of hydrogen-bond acceptors (Lipinski definition) is 4. The lowest BCUT2D eigenvalue weighted by Gasteiger charge is -2.33. The lowest BCUT2D eigenvalue weighted by Crippen LogP contribution is -2.48. The van der Waals surface area contributed by atoms with Gasteiger partial charge >= 0.3 is 0 Å². The van der Waals surface area contributed by atoms with Crippen LogP contribution < -0.4 is 10.5 Å². The Kier molecular flexibility index (Phi) is 7.19. The van der Waals surface area contributed by atoms with Gasteiger partial charge in [-0.2, -0.15) is 0 Å². The summed E-state index contributed by atoms with van der Waals surface area (Å²) in [6, 6.07) is -0.0699. The van der Waals surface area contributed by atoms with E-state index in [1.807, 2.05) is 4.90 Å². The van der Waals surface area contributed by atoms with E-state index in [1.54, 1.807) is 0 Å². The van der Waals surface area contributed by atoms with Crippen LogP contribution in [0.4, 0.5) is 17.6 Å². The Morgan fingerprint density at radius 2 is 1.83 bits per heavy atom. The van der Waals surface area contributed by atoms with E-state index < -0.39 is 46.2 Å². The van der Waals surface area contributed by atoms with Gasteiger partial charge in [-0.05, 0) is 56.7 Å². The average molecular weight is 438 g/mol. The van der Waals surface area contributed by atoms with E-state index in [1.165, 1.54) is 0 Å². The molecule has 2 unspecified atom stereocenters. The van der Waals surface area contributed by atoms with Gasteiger partial charge in [0.1, 0.15) is 12.5 Å². The minimum Gasteiger partial charge on any atom is -0.327 e. The molecule has 29 heavy (non-hydrogen) atoms. The van der Waals surface area contributed by atoms with Gasteiger partial charge in [0.25, 0.3) is 0 Å². The number of halogens is 4. The summed E-state index contributed by atoms with van der Waals surface area (Å²) in [6.07, 6.45) is 3.06. The van der Waals surface area contributed by atoms with Crippen molar-refractivity contribution in [1.82, 2.24) is 9.62 Å². The average Bonchev–Trinajstić information content (AvgIpc) is 3.43. The minimum absolute atomic E-state index is 0.0493. The molecule has 1 aromatic rings. The van der Waals surface area contributed by atoms with Gasteiger partial charge in [0, 0.05) is 30.7 Å². The third kappa shape index (κ3) is 5.68. The molecule has 3 rings (SSSR count). The van der Waals surface area contributed by atoms with Crippen LogP contribution in [-0.2, 0) is 16.4 Å². The van der Waals surface area contributed by atoms with Crippen molar-refractivity contribution in [3.05, 3.63) is 35.1 Å². The van der Waals surface area contributed by atoms with Gasteiger partial charge in [-0.25, -0.2) is 30.7 Å². The Labute approximate surface area is 168 Å². The second-order valence-corrected chi connectivity index (χ2v) is 10.0. The van der Waals surface area contributed by atoms with E-state index in [2.05, 4.69) is 4.72 Å². The molecule has 1 saturated heterocycles. The molecule has 3 atom stereocenters. The predicted octanol–water partition coefficient (Wildman–Crippen LogP) is 2.25. The highest BCUT2D eigenvalue weighted by atomic mass is 32.2. The van der Waals surface area contributed by atoms with Crippen LogP contribution in [0.3, 0.4) is 0 Å². The quantitative estimate of drug-likeness (QED) is 0.435. The van der Waals surface area contributed by atoms with Gasteiger partial charge < -0.3 is 5.73 Å². The molecule has 3 N–H and O–H groups in total. The third-order valence-corrected chi connectivity index (χ3v) is 7.62. The van der Waals surface area contributed by atoms with Crippen molar-refractivity contribution in [2.75, 3.05) is 19.8 Å². The molecule has 0 aromatic heterocycles. The second kappa shape index (κ2) is 9.28. The lowest BCUT2D eigenvalue weighted by molar-refractivity contribution is 0.137. The van der Waals surface area contributed by atoms with Crippen molar-refractivity contribution in [1.29, 1.82) is 0 Å². The molecule has 164 valence electrons. The topological polar surface area (TPSA) is 75.4 Å². The van der Waals surface area contributed by atoms with Gasteiger partial charge in [-0.3, -0.25) is 4.90 Å². The molecule has 1 aliphatic heterocycles. The van der Waals surface area contributed by atoms with Crippen LogP contribution in [-0.4, -0.2) is 56.5 Å². The highest BCUT2D eigenvalue weighted by molar-refractivity contribution is 7.90. The maximum absolute atomic E-state index is 13.8. The summed E-state index contributed by atoms with van der Waals surface area (Å²) in [5.41, 5.74) is 6.00. The van der Waals surface area contributed by atoms with E-state index >= 15 is 0 Å². The molecule has 2 aliphatic rings. The highest BCUT2D eigenvalue weighted by Gasteiger charge is 2.37. The van der Waals surface area contributed by atoms with Crippen LogP contribution in [0.5, 0.6) is 0 Å². The molecule has 0 bridgehead atoms. The summed E-state index contributed by atoms with van der Waals surface area (Å²) in [4.78, 5) is 1.91. The molecular formula is C19H27F4N3O2S. The fraction of sp³-hybridized carbons (Fsp3) is 0.684. The fourth-order valence-corrected chi connectivity index (χ4v) is 5.41. The number of likely N-dealkylation sites (tertiary alicyclic amines) is 1. The van der Waals surface area contributed by atoms with Crippen LogP contribution in [0.25, 0.3) is 0 Å². The first-order valence-corrected chi connectivity index (χ1v) is 11.4.